The maximum absolute atomic E-state index is 14.6. The molecule has 122 valence electrons. The van der Waals surface area contributed by atoms with Gasteiger partial charge in [0, 0.05) is 18.9 Å². The van der Waals surface area contributed by atoms with Gasteiger partial charge in [-0.15, -0.1) is 0 Å². The van der Waals surface area contributed by atoms with Gasteiger partial charge in [-0.3, -0.25) is 0 Å². The van der Waals surface area contributed by atoms with Gasteiger partial charge in [0.15, 0.2) is 0 Å². The van der Waals surface area contributed by atoms with Crippen molar-refractivity contribution in [3.8, 4) is 11.8 Å². The summed E-state index contributed by atoms with van der Waals surface area (Å²) < 4.78 is 30.8. The first-order valence-corrected chi connectivity index (χ1v) is 7.42. The Kier molecular flexibility index (Phi) is 5.25. The van der Waals surface area contributed by atoms with E-state index in [0.29, 0.717) is 17.9 Å². The van der Waals surface area contributed by atoms with E-state index in [1.165, 1.54) is 6.08 Å². The van der Waals surface area contributed by atoms with Crippen LogP contribution in [0.4, 0.5) is 4.39 Å². The van der Waals surface area contributed by atoms with E-state index in [2.05, 4.69) is 16.8 Å². The minimum absolute atomic E-state index is 0.291. The number of methoxy groups -OCH3 is 1. The summed E-state index contributed by atoms with van der Waals surface area (Å²) in [4.78, 5) is 4.17. The Hall–Kier alpha value is -1.68. The number of aromatic nitrogens is 1. The van der Waals surface area contributed by atoms with Crippen LogP contribution in [0.25, 0.3) is 6.08 Å². The molecule has 1 saturated heterocycles. The van der Waals surface area contributed by atoms with E-state index in [4.69, 9.17) is 14.0 Å². The summed E-state index contributed by atoms with van der Waals surface area (Å²) in [5, 5.41) is 0. The number of ether oxygens (including phenoxy) is 1. The van der Waals surface area contributed by atoms with Crippen molar-refractivity contribution in [3.05, 3.63) is 35.3 Å². The smallest absolute Gasteiger partial charge is 0.398 e. The van der Waals surface area contributed by atoms with Gasteiger partial charge in [0.25, 0.3) is 0 Å². The molecule has 1 fully saturated rings. The van der Waals surface area contributed by atoms with Crippen molar-refractivity contribution >= 4 is 13.2 Å². The number of hydrogen-bond acceptors (Lipinski definition) is 4. The van der Waals surface area contributed by atoms with E-state index in [1.54, 1.807) is 25.4 Å². The highest BCUT2D eigenvalue weighted by Gasteiger charge is 2.53. The first-order chi connectivity index (χ1) is 10.8. The molecule has 0 aromatic carbocycles. The maximum atomic E-state index is 14.6. The Balaban J connectivity index is 2.25. The third-order valence-electron chi connectivity index (χ3n) is 4.03. The molecule has 0 aliphatic carbocycles. The molecule has 1 aliphatic rings. The first kappa shape index (κ1) is 17.7. The number of pyridine rings is 1. The normalized spacial score (nSPS) is 19.4. The van der Waals surface area contributed by atoms with E-state index in [0.717, 1.165) is 0 Å². The highest BCUT2D eigenvalue weighted by atomic mass is 19.1. The zero-order valence-corrected chi connectivity index (χ0v) is 14.1. The fourth-order valence-electron chi connectivity index (χ4n) is 2.00. The van der Waals surface area contributed by atoms with Crippen molar-refractivity contribution in [2.75, 3.05) is 13.7 Å². The Bertz CT molecular complexity index is 645. The molecular weight excluding hydrogens is 296 g/mol. The first-order valence-electron chi connectivity index (χ1n) is 7.42. The molecule has 1 aromatic heterocycles. The van der Waals surface area contributed by atoms with Crippen LogP contribution in [0.5, 0.6) is 0 Å². The van der Waals surface area contributed by atoms with Crippen LogP contribution in [0.2, 0.25) is 0 Å². The van der Waals surface area contributed by atoms with Crippen LogP contribution in [0.1, 0.15) is 39.0 Å². The van der Waals surface area contributed by atoms with E-state index in [-0.39, 0.29) is 0 Å². The van der Waals surface area contributed by atoms with Crippen molar-refractivity contribution in [3.63, 3.8) is 0 Å². The monoisotopic (exact) mass is 317 g/mol. The van der Waals surface area contributed by atoms with Crippen molar-refractivity contribution in [2.24, 2.45) is 0 Å². The second-order valence-electron chi connectivity index (χ2n) is 6.29. The molecule has 1 aromatic rings. The summed E-state index contributed by atoms with van der Waals surface area (Å²) in [6.07, 6.45) is 2.97. The SMILES string of the molecule is COCC#Cc1ncccc1C=C(F)B1OC(C)(C)C(C)(C)O1. The summed E-state index contributed by atoms with van der Waals surface area (Å²) in [5.74, 6) is 5.68. The molecule has 0 atom stereocenters. The molecule has 2 rings (SSSR count). The lowest BCUT2D eigenvalue weighted by Crippen LogP contribution is -2.41. The molecule has 0 amide bonds. The minimum atomic E-state index is -1.03. The van der Waals surface area contributed by atoms with Gasteiger partial charge in [0.05, 0.1) is 11.2 Å². The van der Waals surface area contributed by atoms with Gasteiger partial charge >= 0.3 is 7.12 Å². The van der Waals surface area contributed by atoms with Gasteiger partial charge in [-0.2, -0.15) is 0 Å². The molecule has 0 N–H and O–H groups in total. The van der Waals surface area contributed by atoms with Crippen LogP contribution >= 0.6 is 0 Å². The third kappa shape index (κ3) is 4.00. The Morgan fingerprint density at radius 1 is 1.35 bits per heavy atom. The minimum Gasteiger partial charge on any atom is -0.398 e. The third-order valence-corrected chi connectivity index (χ3v) is 4.03. The predicted octanol–water partition coefficient (Wildman–Crippen LogP) is 3.02. The van der Waals surface area contributed by atoms with Crippen LogP contribution in [-0.4, -0.2) is 37.0 Å². The molecule has 1 aliphatic heterocycles. The summed E-state index contributed by atoms with van der Waals surface area (Å²) in [7, 11) is 0.534. The summed E-state index contributed by atoms with van der Waals surface area (Å²) in [6.45, 7) is 7.81. The van der Waals surface area contributed by atoms with Crippen molar-refractivity contribution in [1.29, 1.82) is 0 Å². The van der Waals surface area contributed by atoms with E-state index < -0.39 is 24.0 Å². The topological polar surface area (TPSA) is 40.6 Å². The van der Waals surface area contributed by atoms with E-state index in [9.17, 15) is 4.39 Å². The fourth-order valence-corrected chi connectivity index (χ4v) is 2.00. The van der Waals surface area contributed by atoms with Gasteiger partial charge in [0.1, 0.15) is 18.0 Å². The van der Waals surface area contributed by atoms with E-state index in [1.807, 2.05) is 27.7 Å². The quantitative estimate of drug-likeness (QED) is 0.635. The molecule has 0 spiro atoms. The summed E-state index contributed by atoms with van der Waals surface area (Å²) >= 11 is 0. The summed E-state index contributed by atoms with van der Waals surface area (Å²) in [5.41, 5.74) is -0.622. The van der Waals surface area contributed by atoms with Gasteiger partial charge < -0.3 is 14.0 Å². The standard InChI is InChI=1S/C17H21BFNO3/c1-16(2)17(3,4)23-18(22-16)15(19)12-13-8-6-10-20-14(13)9-7-11-21-5/h6,8,10,12H,11H2,1-5H3. The van der Waals surface area contributed by atoms with Crippen molar-refractivity contribution in [2.45, 2.75) is 38.9 Å². The molecule has 0 bridgehead atoms. The predicted molar refractivity (Wildman–Crippen MR) is 88.2 cm³/mol. The lowest BCUT2D eigenvalue weighted by atomic mass is 9.86. The second kappa shape index (κ2) is 6.83. The van der Waals surface area contributed by atoms with Crippen LogP contribution in [0, 0.1) is 11.8 Å². The van der Waals surface area contributed by atoms with Crippen LogP contribution in [0.15, 0.2) is 24.1 Å². The fraction of sp³-hybridized carbons (Fsp3) is 0.471. The highest BCUT2D eigenvalue weighted by molar-refractivity contribution is 6.54. The van der Waals surface area contributed by atoms with Gasteiger partial charge in [-0.1, -0.05) is 12.0 Å². The maximum Gasteiger partial charge on any atom is 0.525 e. The van der Waals surface area contributed by atoms with Crippen molar-refractivity contribution < 1.29 is 18.4 Å². The van der Waals surface area contributed by atoms with Crippen LogP contribution in [-0.2, 0) is 14.0 Å². The van der Waals surface area contributed by atoms with Crippen LogP contribution < -0.4 is 0 Å². The average Bonchev–Trinajstić information content (AvgIpc) is 2.69. The number of rotatable bonds is 3. The number of nitrogens with zero attached hydrogens (tertiary/aromatic N) is 1. The molecule has 0 saturated carbocycles. The Labute approximate surface area is 137 Å². The highest BCUT2D eigenvalue weighted by Crippen LogP contribution is 2.39. The molecule has 23 heavy (non-hydrogen) atoms. The lowest BCUT2D eigenvalue weighted by Gasteiger charge is -2.32. The number of halogens is 1. The molecule has 6 heteroatoms. The van der Waals surface area contributed by atoms with E-state index >= 15 is 0 Å². The molecular formula is C17H21BFNO3. The Morgan fingerprint density at radius 2 is 2.00 bits per heavy atom. The van der Waals surface area contributed by atoms with Gasteiger partial charge in [0.2, 0.25) is 0 Å². The van der Waals surface area contributed by atoms with Crippen molar-refractivity contribution in [1.82, 2.24) is 4.98 Å². The molecule has 0 unspecified atom stereocenters. The zero-order chi connectivity index (χ0) is 17.1. The largest absolute Gasteiger partial charge is 0.525 e. The van der Waals surface area contributed by atoms with Gasteiger partial charge in [-0.25, -0.2) is 9.37 Å². The molecule has 2 heterocycles. The molecule has 4 nitrogen and oxygen atoms in total. The van der Waals surface area contributed by atoms with Gasteiger partial charge in [-0.05, 0) is 45.8 Å². The zero-order valence-electron chi connectivity index (χ0n) is 14.1. The molecule has 0 radical (unpaired) electrons. The second-order valence-corrected chi connectivity index (χ2v) is 6.29. The number of hydrogen-bond donors (Lipinski definition) is 0. The average molecular weight is 317 g/mol. The Morgan fingerprint density at radius 3 is 2.61 bits per heavy atom. The van der Waals surface area contributed by atoms with Crippen LogP contribution in [0.3, 0.4) is 0 Å². The summed E-state index contributed by atoms with van der Waals surface area (Å²) in [6, 6.07) is 3.47. The lowest BCUT2D eigenvalue weighted by molar-refractivity contribution is 0.00578.